The van der Waals surface area contributed by atoms with Gasteiger partial charge in [-0.05, 0) is 25.8 Å². The first-order valence-corrected chi connectivity index (χ1v) is 7.76. The van der Waals surface area contributed by atoms with E-state index in [-0.39, 0.29) is 12.2 Å². The van der Waals surface area contributed by atoms with Gasteiger partial charge in [0, 0.05) is 18.4 Å². The molecule has 0 amide bonds. The van der Waals surface area contributed by atoms with Gasteiger partial charge in [-0.1, -0.05) is 42.5 Å². The Kier molecular flexibility index (Phi) is 8.32. The Hall–Kier alpha value is -1.79. The van der Waals surface area contributed by atoms with Gasteiger partial charge >= 0.3 is 5.97 Å². The highest BCUT2D eigenvalue weighted by Crippen LogP contribution is 2.07. The maximum absolute atomic E-state index is 12.0. The van der Waals surface area contributed by atoms with Crippen molar-refractivity contribution in [2.24, 2.45) is 5.73 Å². The van der Waals surface area contributed by atoms with Crippen molar-refractivity contribution in [2.45, 2.75) is 38.1 Å². The van der Waals surface area contributed by atoms with Gasteiger partial charge in [0.15, 0.2) is 5.78 Å². The zero-order chi connectivity index (χ0) is 16.4. The van der Waals surface area contributed by atoms with Crippen molar-refractivity contribution >= 4 is 29.0 Å². The molecule has 22 heavy (non-hydrogen) atoms. The lowest BCUT2D eigenvalue weighted by Gasteiger charge is -2.16. The van der Waals surface area contributed by atoms with Gasteiger partial charge in [0.2, 0.25) is 0 Å². The van der Waals surface area contributed by atoms with Crippen LogP contribution in [0.4, 0.5) is 0 Å². The Morgan fingerprint density at radius 1 is 1.18 bits per heavy atom. The first-order valence-electron chi connectivity index (χ1n) is 7.35. The molecule has 0 aromatic heterocycles. The van der Waals surface area contributed by atoms with Crippen LogP contribution < -0.4 is 11.1 Å². The quantitative estimate of drug-likeness (QED) is 0.347. The standard InChI is InChI=1S/C16H22N2O3S/c17-11-5-4-8-13(16(20)21)18-15(22)10-9-14(19)12-6-2-1-3-7-12/h1-3,6-7,13H,4-5,8-11,17H2,(H,18,22)(H,20,21)/t13-/m0/s1. The minimum Gasteiger partial charge on any atom is -0.480 e. The summed E-state index contributed by atoms with van der Waals surface area (Å²) in [5, 5.41) is 12.0. The van der Waals surface area contributed by atoms with Gasteiger partial charge in [-0.2, -0.15) is 0 Å². The van der Waals surface area contributed by atoms with E-state index in [1.54, 1.807) is 12.1 Å². The molecule has 0 bridgehead atoms. The van der Waals surface area contributed by atoms with Crippen LogP contribution in [0.3, 0.4) is 0 Å². The van der Waals surface area contributed by atoms with E-state index in [9.17, 15) is 9.59 Å². The number of hydrogen-bond acceptors (Lipinski definition) is 4. The number of ketones is 1. The van der Waals surface area contributed by atoms with Crippen molar-refractivity contribution in [3.05, 3.63) is 35.9 Å². The predicted octanol–water partition coefficient (Wildman–Crippen LogP) is 2.15. The second-order valence-corrected chi connectivity index (χ2v) is 5.52. The molecule has 1 aromatic rings. The second-order valence-electron chi connectivity index (χ2n) is 5.03. The van der Waals surface area contributed by atoms with Crippen LogP contribution in [0.25, 0.3) is 0 Å². The second kappa shape index (κ2) is 10.0. The summed E-state index contributed by atoms with van der Waals surface area (Å²) in [4.78, 5) is 23.5. The number of hydrogen-bond donors (Lipinski definition) is 3. The number of aliphatic carboxylic acids is 1. The van der Waals surface area contributed by atoms with Crippen LogP contribution in [0.5, 0.6) is 0 Å². The molecule has 0 aliphatic heterocycles. The molecule has 6 heteroatoms. The average Bonchev–Trinajstić information content (AvgIpc) is 2.52. The van der Waals surface area contributed by atoms with Crippen molar-refractivity contribution in [1.82, 2.24) is 5.32 Å². The third-order valence-corrected chi connectivity index (χ3v) is 3.58. The largest absolute Gasteiger partial charge is 0.480 e. The van der Waals surface area contributed by atoms with Crippen LogP contribution in [0.1, 0.15) is 42.5 Å². The fraction of sp³-hybridized carbons (Fsp3) is 0.438. The highest BCUT2D eigenvalue weighted by molar-refractivity contribution is 7.80. The number of unbranched alkanes of at least 4 members (excludes halogenated alkanes) is 1. The summed E-state index contributed by atoms with van der Waals surface area (Å²) in [5.74, 6) is -0.937. The van der Waals surface area contributed by atoms with E-state index in [2.05, 4.69) is 5.32 Å². The Morgan fingerprint density at radius 2 is 1.86 bits per heavy atom. The summed E-state index contributed by atoms with van der Waals surface area (Å²) in [6, 6.07) is 8.26. The highest BCUT2D eigenvalue weighted by atomic mass is 32.1. The lowest BCUT2D eigenvalue weighted by molar-refractivity contribution is -0.139. The van der Waals surface area contributed by atoms with E-state index in [0.717, 1.165) is 12.8 Å². The topological polar surface area (TPSA) is 92.4 Å². The van der Waals surface area contributed by atoms with Crippen LogP contribution in [-0.4, -0.2) is 34.4 Å². The SMILES string of the molecule is NCCCC[C@H](NC(=S)CCC(=O)c1ccccc1)C(=O)O. The maximum atomic E-state index is 12.0. The summed E-state index contributed by atoms with van der Waals surface area (Å²) in [6.45, 7) is 0.544. The van der Waals surface area contributed by atoms with Gasteiger partial charge < -0.3 is 16.2 Å². The van der Waals surface area contributed by atoms with Crippen molar-refractivity contribution in [3.8, 4) is 0 Å². The van der Waals surface area contributed by atoms with Gasteiger partial charge in [-0.25, -0.2) is 4.79 Å². The van der Waals surface area contributed by atoms with Crippen molar-refractivity contribution < 1.29 is 14.7 Å². The van der Waals surface area contributed by atoms with E-state index in [1.807, 2.05) is 18.2 Å². The maximum Gasteiger partial charge on any atom is 0.326 e. The molecule has 0 saturated carbocycles. The number of carbonyl (C=O) groups is 2. The van der Waals surface area contributed by atoms with E-state index >= 15 is 0 Å². The molecule has 120 valence electrons. The smallest absolute Gasteiger partial charge is 0.326 e. The molecule has 0 aliphatic carbocycles. The van der Waals surface area contributed by atoms with Gasteiger partial charge in [-0.3, -0.25) is 4.79 Å². The minimum atomic E-state index is -0.936. The molecule has 0 fully saturated rings. The van der Waals surface area contributed by atoms with Crippen LogP contribution in [0.2, 0.25) is 0 Å². The minimum absolute atomic E-state index is 0.000225. The number of Topliss-reactive ketones (excluding diaryl/α,β-unsaturated/α-hetero) is 1. The number of rotatable bonds is 10. The molecule has 0 radical (unpaired) electrons. The molecule has 1 atom stereocenters. The van der Waals surface area contributed by atoms with Gasteiger partial charge in [0.25, 0.3) is 0 Å². The Morgan fingerprint density at radius 3 is 2.45 bits per heavy atom. The Bertz CT molecular complexity index is 505. The molecule has 1 rings (SSSR count). The molecule has 0 aliphatic rings. The monoisotopic (exact) mass is 322 g/mol. The number of carboxylic acids is 1. The number of nitrogens with one attached hydrogen (secondary N) is 1. The van der Waals surface area contributed by atoms with Crippen LogP contribution in [0.15, 0.2) is 30.3 Å². The zero-order valence-corrected chi connectivity index (χ0v) is 13.3. The van der Waals surface area contributed by atoms with Crippen LogP contribution in [-0.2, 0) is 4.79 Å². The van der Waals surface area contributed by atoms with Crippen molar-refractivity contribution in [2.75, 3.05) is 6.54 Å². The van der Waals surface area contributed by atoms with Gasteiger partial charge in [0.1, 0.15) is 6.04 Å². The fourth-order valence-corrected chi connectivity index (χ4v) is 2.26. The van der Waals surface area contributed by atoms with Crippen LogP contribution in [0, 0.1) is 0 Å². The lowest BCUT2D eigenvalue weighted by Crippen LogP contribution is -2.40. The molecule has 4 N–H and O–H groups in total. The highest BCUT2D eigenvalue weighted by Gasteiger charge is 2.18. The normalized spacial score (nSPS) is 11.7. The molecular formula is C16H22N2O3S. The fourth-order valence-electron chi connectivity index (χ4n) is 2.01. The van der Waals surface area contributed by atoms with Gasteiger partial charge in [-0.15, -0.1) is 0 Å². The summed E-state index contributed by atoms with van der Waals surface area (Å²) in [6.07, 6.45) is 2.60. The van der Waals surface area contributed by atoms with Crippen molar-refractivity contribution in [3.63, 3.8) is 0 Å². The number of carboxylic acid groups (broad SMARTS) is 1. The molecule has 1 aromatic carbocycles. The summed E-state index contributed by atoms with van der Waals surface area (Å²) >= 11 is 5.15. The first-order chi connectivity index (χ1) is 10.5. The van der Waals surface area contributed by atoms with E-state index in [1.165, 1.54) is 0 Å². The zero-order valence-electron chi connectivity index (χ0n) is 12.5. The summed E-state index contributed by atoms with van der Waals surface area (Å²) in [7, 11) is 0. The number of benzene rings is 1. The Labute approximate surface area is 135 Å². The van der Waals surface area contributed by atoms with E-state index < -0.39 is 12.0 Å². The number of carbonyl (C=O) groups excluding carboxylic acids is 1. The van der Waals surface area contributed by atoms with E-state index in [4.69, 9.17) is 23.1 Å². The summed E-state index contributed by atoms with van der Waals surface area (Å²) < 4.78 is 0. The molecule has 0 heterocycles. The van der Waals surface area contributed by atoms with Crippen LogP contribution >= 0.6 is 12.2 Å². The average molecular weight is 322 g/mol. The van der Waals surface area contributed by atoms with Crippen molar-refractivity contribution in [1.29, 1.82) is 0 Å². The molecule has 5 nitrogen and oxygen atoms in total. The Balaban J connectivity index is 2.40. The van der Waals surface area contributed by atoms with Gasteiger partial charge in [0.05, 0.1) is 4.99 Å². The first kappa shape index (κ1) is 18.3. The number of thiocarbonyl (C=S) groups is 1. The summed E-state index contributed by atoms with van der Waals surface area (Å²) in [5.41, 5.74) is 6.04. The molecule has 0 spiro atoms. The number of nitrogens with two attached hydrogens (primary N) is 1. The molecular weight excluding hydrogens is 300 g/mol. The third kappa shape index (κ3) is 6.78. The third-order valence-electron chi connectivity index (χ3n) is 3.26. The molecule has 0 unspecified atom stereocenters. The molecule has 0 saturated heterocycles. The lowest BCUT2D eigenvalue weighted by atomic mass is 10.1. The van der Waals surface area contributed by atoms with E-state index in [0.29, 0.717) is 29.9 Å². The predicted molar refractivity (Wildman–Crippen MR) is 90.1 cm³/mol.